The lowest BCUT2D eigenvalue weighted by molar-refractivity contribution is 0.626. The topological polar surface area (TPSA) is 0 Å². The van der Waals surface area contributed by atoms with Crippen molar-refractivity contribution in [2.24, 2.45) is 5.92 Å². The summed E-state index contributed by atoms with van der Waals surface area (Å²) in [7, 11) is 0. The lowest BCUT2D eigenvalue weighted by atomic mass is 9.96. The zero-order valence-electron chi connectivity index (χ0n) is 14.1. The molecule has 1 aromatic carbocycles. The number of rotatable bonds is 2. The van der Waals surface area contributed by atoms with Crippen molar-refractivity contribution >= 4 is 0 Å². The van der Waals surface area contributed by atoms with Gasteiger partial charge in [-0.1, -0.05) is 78.6 Å². The third-order valence-corrected chi connectivity index (χ3v) is 2.87. The Morgan fingerprint density at radius 2 is 1.39 bits per heavy atom. The Hall–Kier alpha value is -0.780. The van der Waals surface area contributed by atoms with Crippen molar-refractivity contribution in [3.63, 3.8) is 0 Å². The average Bonchev–Trinajstić information content (AvgIpc) is 2.35. The highest BCUT2D eigenvalue weighted by Gasteiger charge is 2.01. The van der Waals surface area contributed by atoms with Crippen LogP contribution >= 0.6 is 0 Å². The molecular formula is C18H34. The molecule has 1 rings (SSSR count). The molecule has 0 saturated heterocycles. The quantitative estimate of drug-likeness (QED) is 0.561. The van der Waals surface area contributed by atoms with Gasteiger partial charge < -0.3 is 0 Å². The first-order chi connectivity index (χ1) is 8.38. The van der Waals surface area contributed by atoms with Gasteiger partial charge in [0.05, 0.1) is 0 Å². The van der Waals surface area contributed by atoms with E-state index in [4.69, 9.17) is 0 Å². The molecule has 0 heterocycles. The predicted molar refractivity (Wildman–Crippen MR) is 86.5 cm³/mol. The van der Waals surface area contributed by atoms with Gasteiger partial charge in [0.15, 0.2) is 0 Å². The summed E-state index contributed by atoms with van der Waals surface area (Å²) >= 11 is 0. The summed E-state index contributed by atoms with van der Waals surface area (Å²) in [5.74, 6) is 1.53. The van der Waals surface area contributed by atoms with Gasteiger partial charge in [-0.3, -0.25) is 0 Å². The van der Waals surface area contributed by atoms with Crippen molar-refractivity contribution in [3.05, 3.63) is 34.9 Å². The highest BCUT2D eigenvalue weighted by Crippen LogP contribution is 2.19. The second kappa shape index (κ2) is 11.3. The molecule has 0 saturated carbocycles. The Balaban J connectivity index is 0. The Morgan fingerprint density at radius 3 is 1.67 bits per heavy atom. The van der Waals surface area contributed by atoms with Crippen molar-refractivity contribution in [1.82, 2.24) is 0 Å². The normalized spacial score (nSPS) is 9.50. The number of hydrogen-bond acceptors (Lipinski definition) is 0. The number of benzene rings is 1. The molecule has 18 heavy (non-hydrogen) atoms. The van der Waals surface area contributed by atoms with Gasteiger partial charge in [0.2, 0.25) is 0 Å². The zero-order valence-corrected chi connectivity index (χ0v) is 14.1. The van der Waals surface area contributed by atoms with Gasteiger partial charge in [-0.05, 0) is 36.8 Å². The van der Waals surface area contributed by atoms with Crippen LogP contribution in [-0.2, 0) is 0 Å². The summed E-state index contributed by atoms with van der Waals surface area (Å²) in [6, 6.07) is 6.64. The molecule has 106 valence electrons. The molecule has 0 aliphatic heterocycles. The average molecular weight is 250 g/mol. The van der Waals surface area contributed by atoms with Crippen LogP contribution in [0.5, 0.6) is 0 Å². The summed E-state index contributed by atoms with van der Waals surface area (Å²) in [6.07, 6.45) is 1.31. The van der Waals surface area contributed by atoms with Gasteiger partial charge in [0.1, 0.15) is 0 Å². The minimum Gasteiger partial charge on any atom is -0.0683 e. The first-order valence-electron chi connectivity index (χ1n) is 7.45. The summed E-state index contributed by atoms with van der Waals surface area (Å²) < 4.78 is 0. The molecular weight excluding hydrogens is 216 g/mol. The van der Waals surface area contributed by atoms with Crippen LogP contribution in [0.4, 0.5) is 0 Å². The number of hydrogen-bond donors (Lipinski definition) is 0. The minimum atomic E-state index is 0.648. The maximum atomic E-state index is 2.28. The summed E-state index contributed by atoms with van der Waals surface area (Å²) in [4.78, 5) is 0. The van der Waals surface area contributed by atoms with E-state index in [0.29, 0.717) is 5.92 Å². The minimum absolute atomic E-state index is 0.648. The summed E-state index contributed by atoms with van der Waals surface area (Å²) in [6.45, 7) is 19.4. The standard InChI is InChI=1S/C11H16.C5H12.C2H6/c1-8(2)11-7-9(3)5-6-10(11)4;1-4-5(2)3;1-2/h5-8H,1-4H3;5H,4H2,1-3H3;1-2H3. The maximum absolute atomic E-state index is 2.28. The molecule has 0 amide bonds. The Bertz CT molecular complexity index is 295. The SMILES string of the molecule is CC.CCC(C)C.Cc1ccc(C)c(C(C)C)c1. The van der Waals surface area contributed by atoms with E-state index in [-0.39, 0.29) is 0 Å². The predicted octanol–water partition coefficient (Wildman–Crippen LogP) is 6.51. The first-order valence-corrected chi connectivity index (χ1v) is 7.45. The van der Waals surface area contributed by atoms with Crippen molar-refractivity contribution in [1.29, 1.82) is 0 Å². The van der Waals surface area contributed by atoms with Crippen LogP contribution in [0.25, 0.3) is 0 Å². The number of aryl methyl sites for hydroxylation is 2. The molecule has 0 aliphatic carbocycles. The van der Waals surface area contributed by atoms with E-state index in [9.17, 15) is 0 Å². The van der Waals surface area contributed by atoms with Gasteiger partial charge >= 0.3 is 0 Å². The second-order valence-electron chi connectivity index (χ2n) is 5.32. The molecule has 0 atom stereocenters. The highest BCUT2D eigenvalue weighted by molar-refractivity contribution is 5.32. The Kier molecular flexibility index (Phi) is 12.3. The van der Waals surface area contributed by atoms with Crippen LogP contribution in [0.15, 0.2) is 18.2 Å². The smallest absolute Gasteiger partial charge is 0.0216 e. The molecule has 0 bridgehead atoms. The van der Waals surface area contributed by atoms with Gasteiger partial charge in [0.25, 0.3) is 0 Å². The van der Waals surface area contributed by atoms with E-state index >= 15 is 0 Å². The fourth-order valence-corrected chi connectivity index (χ4v) is 1.38. The van der Waals surface area contributed by atoms with E-state index in [1.165, 1.54) is 23.1 Å². The van der Waals surface area contributed by atoms with Crippen LogP contribution in [0.1, 0.15) is 77.5 Å². The van der Waals surface area contributed by atoms with Crippen LogP contribution in [-0.4, -0.2) is 0 Å². The van der Waals surface area contributed by atoms with Gasteiger partial charge in [0, 0.05) is 0 Å². The molecule has 0 aliphatic rings. The fraction of sp³-hybridized carbons (Fsp3) is 0.667. The van der Waals surface area contributed by atoms with Crippen LogP contribution in [0, 0.1) is 19.8 Å². The van der Waals surface area contributed by atoms with Crippen molar-refractivity contribution < 1.29 is 0 Å². The van der Waals surface area contributed by atoms with Crippen molar-refractivity contribution in [2.75, 3.05) is 0 Å². The molecule has 0 spiro atoms. The van der Waals surface area contributed by atoms with Crippen LogP contribution in [0.3, 0.4) is 0 Å². The largest absolute Gasteiger partial charge is 0.0683 e. The lowest BCUT2D eigenvalue weighted by Crippen LogP contribution is -1.91. The van der Waals surface area contributed by atoms with E-state index in [1.807, 2.05) is 13.8 Å². The molecule has 0 heteroatoms. The monoisotopic (exact) mass is 250 g/mol. The molecule has 0 N–H and O–H groups in total. The van der Waals surface area contributed by atoms with Gasteiger partial charge in [-0.2, -0.15) is 0 Å². The van der Waals surface area contributed by atoms with Crippen molar-refractivity contribution in [3.8, 4) is 0 Å². The Labute approximate surface area is 116 Å². The molecule has 0 fully saturated rings. The molecule has 0 aromatic heterocycles. The van der Waals surface area contributed by atoms with E-state index in [0.717, 1.165) is 5.92 Å². The zero-order chi connectivity index (χ0) is 14.7. The molecule has 0 nitrogen and oxygen atoms in total. The molecule has 0 radical (unpaired) electrons. The van der Waals surface area contributed by atoms with E-state index < -0.39 is 0 Å². The lowest BCUT2D eigenvalue weighted by Gasteiger charge is -2.09. The Morgan fingerprint density at radius 1 is 0.944 bits per heavy atom. The summed E-state index contributed by atoms with van der Waals surface area (Å²) in [5.41, 5.74) is 4.25. The second-order valence-corrected chi connectivity index (χ2v) is 5.32. The van der Waals surface area contributed by atoms with Crippen LogP contribution < -0.4 is 0 Å². The maximum Gasteiger partial charge on any atom is -0.0216 e. The van der Waals surface area contributed by atoms with E-state index in [1.54, 1.807) is 0 Å². The highest BCUT2D eigenvalue weighted by atomic mass is 14.1. The van der Waals surface area contributed by atoms with E-state index in [2.05, 4.69) is 66.7 Å². The third-order valence-electron chi connectivity index (χ3n) is 2.87. The molecule has 0 unspecified atom stereocenters. The summed E-state index contributed by atoms with van der Waals surface area (Å²) in [5, 5.41) is 0. The third kappa shape index (κ3) is 9.27. The van der Waals surface area contributed by atoms with Crippen LogP contribution in [0.2, 0.25) is 0 Å². The van der Waals surface area contributed by atoms with Gasteiger partial charge in [-0.15, -0.1) is 0 Å². The fourth-order valence-electron chi connectivity index (χ4n) is 1.38. The van der Waals surface area contributed by atoms with Gasteiger partial charge in [-0.25, -0.2) is 0 Å². The molecule has 1 aromatic rings. The first kappa shape index (κ1) is 19.6. The van der Waals surface area contributed by atoms with Crippen molar-refractivity contribution in [2.45, 2.75) is 74.7 Å².